The molecule has 0 saturated carbocycles. The van der Waals surface area contributed by atoms with Crippen LogP contribution in [0.15, 0.2) is 27.7 Å². The van der Waals surface area contributed by atoms with Crippen molar-refractivity contribution in [2.75, 3.05) is 0 Å². The standard InChI is InChI=1S/C14H7BrClF/c15-12-8-5-7-11(14(12)17)10-6-3-1-2-4-9-13(10)16/h5,7-8H,1-2H2/b13-10-. The van der Waals surface area contributed by atoms with Crippen molar-refractivity contribution in [3.05, 3.63) is 39.1 Å². The Kier molecular flexibility index (Phi) is 3.89. The number of rotatable bonds is 1. The topological polar surface area (TPSA) is 0 Å². The van der Waals surface area contributed by atoms with Crippen molar-refractivity contribution in [2.45, 2.75) is 12.8 Å². The van der Waals surface area contributed by atoms with Crippen molar-refractivity contribution in [3.63, 3.8) is 0 Å². The van der Waals surface area contributed by atoms with Crippen molar-refractivity contribution in [1.82, 2.24) is 0 Å². The zero-order valence-electron chi connectivity index (χ0n) is 8.78. The second-order valence-corrected chi connectivity index (χ2v) is 4.63. The van der Waals surface area contributed by atoms with Crippen molar-refractivity contribution in [2.24, 2.45) is 0 Å². The van der Waals surface area contributed by atoms with Crippen LogP contribution in [0.3, 0.4) is 0 Å². The Hall–Kier alpha value is -1.22. The quantitative estimate of drug-likeness (QED) is 0.677. The summed E-state index contributed by atoms with van der Waals surface area (Å²) in [5.41, 5.74) is 0.839. The van der Waals surface area contributed by atoms with E-state index in [1.165, 1.54) is 0 Å². The predicted octanol–water partition coefficient (Wildman–Crippen LogP) is 4.34. The van der Waals surface area contributed by atoms with E-state index >= 15 is 0 Å². The summed E-state index contributed by atoms with van der Waals surface area (Å²) in [5.74, 6) is 11.1. The molecule has 3 heteroatoms. The lowest BCUT2D eigenvalue weighted by Crippen LogP contribution is -1.92. The minimum atomic E-state index is -0.364. The molecular formula is C14H7BrClF. The molecule has 0 radical (unpaired) electrons. The smallest absolute Gasteiger partial charge is 0.145 e. The summed E-state index contributed by atoms with van der Waals surface area (Å²) in [6.45, 7) is 0. The van der Waals surface area contributed by atoms with Gasteiger partial charge in [0.1, 0.15) is 10.8 Å². The second kappa shape index (κ2) is 5.41. The summed E-state index contributed by atoms with van der Waals surface area (Å²) in [6.07, 6.45) is 1.37. The van der Waals surface area contributed by atoms with Crippen LogP contribution >= 0.6 is 27.5 Å². The Balaban J connectivity index is 2.63. The zero-order chi connectivity index (χ0) is 12.3. The summed E-state index contributed by atoms with van der Waals surface area (Å²) in [5, 5.41) is 0.300. The van der Waals surface area contributed by atoms with Crippen LogP contribution in [0.2, 0.25) is 0 Å². The molecule has 17 heavy (non-hydrogen) atoms. The van der Waals surface area contributed by atoms with Gasteiger partial charge in [-0.15, -0.1) is 0 Å². The molecule has 0 aliphatic heterocycles. The fourth-order valence-electron chi connectivity index (χ4n) is 1.42. The van der Waals surface area contributed by atoms with Gasteiger partial charge in [0.05, 0.1) is 10.0 Å². The van der Waals surface area contributed by atoms with E-state index in [2.05, 4.69) is 39.6 Å². The first-order valence-electron chi connectivity index (χ1n) is 5.02. The molecule has 84 valence electrons. The van der Waals surface area contributed by atoms with E-state index in [0.29, 0.717) is 33.5 Å². The Labute approximate surface area is 113 Å². The van der Waals surface area contributed by atoms with Crippen LogP contribution in [-0.4, -0.2) is 0 Å². The lowest BCUT2D eigenvalue weighted by atomic mass is 10.0. The fraction of sp³-hybridized carbons (Fsp3) is 0.143. The SMILES string of the molecule is Fc1c(Br)cccc1/C1=C(\Cl)C#CCCC#C1. The molecule has 0 nitrogen and oxygen atoms in total. The number of halogens is 3. The van der Waals surface area contributed by atoms with E-state index in [0.717, 1.165) is 0 Å². The first-order chi connectivity index (χ1) is 8.20. The van der Waals surface area contributed by atoms with Crippen LogP contribution in [0.5, 0.6) is 0 Å². The summed E-state index contributed by atoms with van der Waals surface area (Å²) in [7, 11) is 0. The van der Waals surface area contributed by atoms with E-state index < -0.39 is 0 Å². The van der Waals surface area contributed by atoms with Gasteiger partial charge in [-0.3, -0.25) is 0 Å². The van der Waals surface area contributed by atoms with Crippen LogP contribution in [0.1, 0.15) is 18.4 Å². The Morgan fingerprint density at radius 2 is 1.88 bits per heavy atom. The van der Waals surface area contributed by atoms with Crippen LogP contribution in [0.4, 0.5) is 4.39 Å². The van der Waals surface area contributed by atoms with E-state index in [4.69, 9.17) is 11.6 Å². The van der Waals surface area contributed by atoms with Crippen LogP contribution in [0, 0.1) is 29.5 Å². The van der Waals surface area contributed by atoms with Gasteiger partial charge >= 0.3 is 0 Å². The molecule has 0 spiro atoms. The summed E-state index contributed by atoms with van der Waals surface area (Å²) >= 11 is 9.18. The van der Waals surface area contributed by atoms with Gasteiger partial charge in [-0.25, -0.2) is 4.39 Å². The molecule has 1 aliphatic carbocycles. The highest BCUT2D eigenvalue weighted by Gasteiger charge is 2.12. The molecule has 0 atom stereocenters. The summed E-state index contributed by atoms with van der Waals surface area (Å²) in [6, 6.07) is 5.03. The van der Waals surface area contributed by atoms with Crippen molar-refractivity contribution in [1.29, 1.82) is 0 Å². The lowest BCUT2D eigenvalue weighted by molar-refractivity contribution is 0.617. The Morgan fingerprint density at radius 1 is 1.18 bits per heavy atom. The molecule has 1 aromatic rings. The van der Waals surface area contributed by atoms with Gasteiger partial charge in [0, 0.05) is 18.4 Å². The van der Waals surface area contributed by atoms with Gasteiger partial charge in [-0.1, -0.05) is 47.4 Å². The van der Waals surface area contributed by atoms with Crippen molar-refractivity contribution in [3.8, 4) is 23.7 Å². The van der Waals surface area contributed by atoms with Crippen molar-refractivity contribution < 1.29 is 4.39 Å². The van der Waals surface area contributed by atoms with E-state index in [1.54, 1.807) is 18.2 Å². The van der Waals surface area contributed by atoms with Crippen LogP contribution < -0.4 is 0 Å². The lowest BCUT2D eigenvalue weighted by Gasteiger charge is -2.05. The molecule has 0 amide bonds. The molecule has 0 saturated heterocycles. The van der Waals surface area contributed by atoms with E-state index in [1.807, 2.05) is 0 Å². The number of hydrogen-bond acceptors (Lipinski definition) is 0. The molecule has 0 unspecified atom stereocenters. The normalized spacial score (nSPS) is 18.3. The minimum absolute atomic E-state index is 0.300. The monoisotopic (exact) mass is 308 g/mol. The molecule has 0 heterocycles. The first kappa shape index (κ1) is 12.2. The maximum absolute atomic E-state index is 13.9. The minimum Gasteiger partial charge on any atom is -0.205 e. The van der Waals surface area contributed by atoms with Crippen molar-refractivity contribution >= 4 is 33.1 Å². The number of hydrogen-bond donors (Lipinski definition) is 0. The summed E-state index contributed by atoms with van der Waals surface area (Å²) < 4.78 is 14.3. The molecular weight excluding hydrogens is 303 g/mol. The predicted molar refractivity (Wildman–Crippen MR) is 71.7 cm³/mol. The van der Waals surface area contributed by atoms with Gasteiger partial charge in [0.15, 0.2) is 0 Å². The molecule has 2 rings (SSSR count). The highest BCUT2D eigenvalue weighted by molar-refractivity contribution is 9.10. The number of allylic oxidation sites excluding steroid dienone is 2. The third-order valence-electron chi connectivity index (χ3n) is 2.23. The van der Waals surface area contributed by atoms with Gasteiger partial charge in [0.2, 0.25) is 0 Å². The maximum atomic E-state index is 13.9. The Bertz CT molecular complexity index is 609. The van der Waals surface area contributed by atoms with E-state index in [9.17, 15) is 4.39 Å². The highest BCUT2D eigenvalue weighted by Crippen LogP contribution is 2.27. The molecule has 0 N–H and O–H groups in total. The molecule has 0 aromatic heterocycles. The molecule has 0 bridgehead atoms. The summed E-state index contributed by atoms with van der Waals surface area (Å²) in [4.78, 5) is 0. The largest absolute Gasteiger partial charge is 0.205 e. The molecule has 1 aliphatic rings. The first-order valence-corrected chi connectivity index (χ1v) is 6.19. The zero-order valence-corrected chi connectivity index (χ0v) is 11.1. The van der Waals surface area contributed by atoms with Gasteiger partial charge in [0.25, 0.3) is 0 Å². The third kappa shape index (κ3) is 2.72. The highest BCUT2D eigenvalue weighted by atomic mass is 79.9. The Morgan fingerprint density at radius 3 is 2.65 bits per heavy atom. The van der Waals surface area contributed by atoms with Gasteiger partial charge in [-0.05, 0) is 22.0 Å². The van der Waals surface area contributed by atoms with Gasteiger partial charge < -0.3 is 0 Å². The average molecular weight is 310 g/mol. The van der Waals surface area contributed by atoms with Gasteiger partial charge in [-0.2, -0.15) is 0 Å². The second-order valence-electron chi connectivity index (χ2n) is 3.39. The fourth-order valence-corrected chi connectivity index (χ4v) is 2.00. The molecule has 0 fully saturated rings. The van der Waals surface area contributed by atoms with Crippen LogP contribution in [0.25, 0.3) is 5.57 Å². The average Bonchev–Trinajstić information content (AvgIpc) is 2.29. The molecule has 1 aromatic carbocycles. The number of benzene rings is 1. The van der Waals surface area contributed by atoms with Crippen LogP contribution in [-0.2, 0) is 0 Å². The third-order valence-corrected chi connectivity index (χ3v) is 3.12. The maximum Gasteiger partial charge on any atom is 0.145 e. The van der Waals surface area contributed by atoms with E-state index in [-0.39, 0.29) is 5.82 Å².